The van der Waals surface area contributed by atoms with Crippen LogP contribution in [0.5, 0.6) is 0 Å². The van der Waals surface area contributed by atoms with Crippen molar-refractivity contribution in [2.24, 2.45) is 5.92 Å². The van der Waals surface area contributed by atoms with Gasteiger partial charge in [0.1, 0.15) is 0 Å². The molecule has 1 aliphatic carbocycles. The van der Waals surface area contributed by atoms with Crippen molar-refractivity contribution in [1.29, 1.82) is 0 Å². The molecule has 0 radical (unpaired) electrons. The number of likely N-dealkylation sites (tertiary alicyclic amines) is 1. The van der Waals surface area contributed by atoms with Crippen molar-refractivity contribution in [3.8, 4) is 0 Å². The summed E-state index contributed by atoms with van der Waals surface area (Å²) in [6.45, 7) is 0.105. The molecule has 108 valence electrons. The summed E-state index contributed by atoms with van der Waals surface area (Å²) in [6, 6.07) is -1.32. The molecule has 6 heteroatoms. The maximum Gasteiger partial charge on any atom is 0.328 e. The van der Waals surface area contributed by atoms with E-state index in [2.05, 4.69) is 5.32 Å². The van der Waals surface area contributed by atoms with Gasteiger partial charge in [0, 0.05) is 12.6 Å². The quantitative estimate of drug-likeness (QED) is 0.704. The van der Waals surface area contributed by atoms with Crippen molar-refractivity contribution in [2.75, 3.05) is 13.2 Å². The van der Waals surface area contributed by atoms with Gasteiger partial charge in [0.2, 0.25) is 0 Å². The highest BCUT2D eigenvalue weighted by atomic mass is 16.4. The molecule has 3 N–H and O–H groups in total. The van der Waals surface area contributed by atoms with Crippen LogP contribution in [0.2, 0.25) is 0 Å². The number of aliphatic hydroxyl groups is 1. The van der Waals surface area contributed by atoms with Gasteiger partial charge in [-0.25, -0.2) is 9.59 Å². The molecule has 1 saturated heterocycles. The fraction of sp³-hybridized carbons (Fsp3) is 0.846. The zero-order chi connectivity index (χ0) is 13.8. The fourth-order valence-electron chi connectivity index (χ4n) is 3.29. The van der Waals surface area contributed by atoms with Gasteiger partial charge >= 0.3 is 12.0 Å². The summed E-state index contributed by atoms with van der Waals surface area (Å²) in [5, 5.41) is 20.2. The summed E-state index contributed by atoms with van der Waals surface area (Å²) in [4.78, 5) is 24.7. The molecule has 0 aromatic rings. The summed E-state index contributed by atoms with van der Waals surface area (Å²) in [6.07, 6.45) is 6.77. The molecule has 2 aliphatic rings. The molecule has 1 heterocycles. The van der Waals surface area contributed by atoms with Crippen molar-refractivity contribution < 1.29 is 19.8 Å². The minimum Gasteiger partial charge on any atom is -0.480 e. The Balaban J connectivity index is 1.95. The molecule has 1 saturated carbocycles. The van der Waals surface area contributed by atoms with Crippen LogP contribution in [0.1, 0.15) is 38.5 Å². The first-order valence-electron chi connectivity index (χ1n) is 7.04. The lowest BCUT2D eigenvalue weighted by atomic mass is 9.96. The van der Waals surface area contributed by atoms with Crippen LogP contribution in [0, 0.1) is 5.92 Å². The van der Waals surface area contributed by atoms with Gasteiger partial charge in [-0.05, 0) is 31.6 Å². The van der Waals surface area contributed by atoms with Crippen molar-refractivity contribution in [3.63, 3.8) is 0 Å². The molecular weight excluding hydrogens is 248 g/mol. The second-order valence-corrected chi connectivity index (χ2v) is 5.47. The van der Waals surface area contributed by atoms with E-state index in [1.165, 1.54) is 12.8 Å². The Morgan fingerprint density at radius 1 is 1.21 bits per heavy atom. The third-order valence-electron chi connectivity index (χ3n) is 4.28. The SMILES string of the molecule is O=C(O)C(CO)NC(=O)N1CCCC1C1CCCC1. The van der Waals surface area contributed by atoms with Gasteiger partial charge in [-0.3, -0.25) is 0 Å². The van der Waals surface area contributed by atoms with Crippen LogP contribution >= 0.6 is 0 Å². The van der Waals surface area contributed by atoms with E-state index in [1.807, 2.05) is 0 Å². The topological polar surface area (TPSA) is 89.9 Å². The van der Waals surface area contributed by atoms with E-state index in [0.29, 0.717) is 12.5 Å². The second kappa shape index (κ2) is 6.23. The number of aliphatic carboxylic acids is 1. The van der Waals surface area contributed by atoms with E-state index in [4.69, 9.17) is 10.2 Å². The van der Waals surface area contributed by atoms with E-state index in [9.17, 15) is 9.59 Å². The summed E-state index contributed by atoms with van der Waals surface area (Å²) in [7, 11) is 0. The molecule has 0 aromatic carbocycles. The molecule has 2 unspecified atom stereocenters. The third kappa shape index (κ3) is 3.18. The van der Waals surface area contributed by atoms with Crippen LogP contribution < -0.4 is 5.32 Å². The van der Waals surface area contributed by atoms with Gasteiger partial charge in [0.05, 0.1) is 6.61 Å². The number of rotatable bonds is 4. The van der Waals surface area contributed by atoms with Crippen LogP contribution in [-0.4, -0.2) is 52.3 Å². The molecule has 2 rings (SSSR count). The number of nitrogens with one attached hydrogen (secondary N) is 1. The van der Waals surface area contributed by atoms with Crippen molar-refractivity contribution in [3.05, 3.63) is 0 Å². The molecule has 2 amide bonds. The Labute approximate surface area is 112 Å². The predicted molar refractivity (Wildman–Crippen MR) is 68.7 cm³/mol. The van der Waals surface area contributed by atoms with E-state index < -0.39 is 18.6 Å². The van der Waals surface area contributed by atoms with Gasteiger partial charge in [-0.15, -0.1) is 0 Å². The van der Waals surface area contributed by atoms with Gasteiger partial charge in [-0.2, -0.15) is 0 Å². The molecule has 2 atom stereocenters. The predicted octanol–water partition coefficient (Wildman–Crippen LogP) is 0.796. The van der Waals surface area contributed by atoms with Crippen LogP contribution in [-0.2, 0) is 4.79 Å². The van der Waals surface area contributed by atoms with E-state index in [-0.39, 0.29) is 12.1 Å². The molecule has 0 aromatic heterocycles. The minimum absolute atomic E-state index is 0.246. The number of hydrogen-bond donors (Lipinski definition) is 3. The first-order valence-corrected chi connectivity index (χ1v) is 7.04. The molecular formula is C13H22N2O4. The number of carbonyl (C=O) groups excluding carboxylic acids is 1. The second-order valence-electron chi connectivity index (χ2n) is 5.47. The smallest absolute Gasteiger partial charge is 0.328 e. The zero-order valence-electron chi connectivity index (χ0n) is 11.0. The first-order chi connectivity index (χ1) is 9.13. The maximum absolute atomic E-state index is 12.1. The minimum atomic E-state index is -1.21. The third-order valence-corrected chi connectivity index (χ3v) is 4.28. The Bertz CT molecular complexity index is 342. The molecule has 1 aliphatic heterocycles. The fourth-order valence-corrected chi connectivity index (χ4v) is 3.29. The number of carboxylic acid groups (broad SMARTS) is 1. The van der Waals surface area contributed by atoms with Gasteiger partial charge in [0.25, 0.3) is 0 Å². The van der Waals surface area contributed by atoms with Crippen LogP contribution in [0.3, 0.4) is 0 Å². The van der Waals surface area contributed by atoms with Crippen LogP contribution in [0.4, 0.5) is 4.79 Å². The highest BCUT2D eigenvalue weighted by Gasteiger charge is 2.36. The molecule has 0 spiro atoms. The average molecular weight is 270 g/mol. The summed E-state index contributed by atoms with van der Waals surface area (Å²) in [5.41, 5.74) is 0. The summed E-state index contributed by atoms with van der Waals surface area (Å²) < 4.78 is 0. The van der Waals surface area contributed by atoms with E-state index in [1.54, 1.807) is 4.90 Å². The van der Waals surface area contributed by atoms with Crippen LogP contribution in [0.25, 0.3) is 0 Å². The number of carboxylic acids is 1. The summed E-state index contributed by atoms with van der Waals surface area (Å²) in [5.74, 6) is -0.641. The molecule has 19 heavy (non-hydrogen) atoms. The lowest BCUT2D eigenvalue weighted by Crippen LogP contribution is -2.51. The van der Waals surface area contributed by atoms with E-state index >= 15 is 0 Å². The highest BCUT2D eigenvalue weighted by Crippen LogP contribution is 2.35. The first kappa shape index (κ1) is 14.1. The summed E-state index contributed by atoms with van der Waals surface area (Å²) >= 11 is 0. The average Bonchev–Trinajstić information content (AvgIpc) is 3.03. The lowest BCUT2D eigenvalue weighted by molar-refractivity contribution is -0.140. The number of aliphatic hydroxyl groups excluding tert-OH is 1. The van der Waals surface area contributed by atoms with E-state index in [0.717, 1.165) is 25.7 Å². The Kier molecular flexibility index (Phi) is 4.63. The number of amides is 2. The largest absolute Gasteiger partial charge is 0.480 e. The Hall–Kier alpha value is -1.30. The zero-order valence-corrected chi connectivity index (χ0v) is 11.0. The monoisotopic (exact) mass is 270 g/mol. The van der Waals surface area contributed by atoms with Crippen LogP contribution in [0.15, 0.2) is 0 Å². The number of urea groups is 1. The van der Waals surface area contributed by atoms with Gasteiger partial charge < -0.3 is 20.4 Å². The number of nitrogens with zero attached hydrogens (tertiary/aromatic N) is 1. The van der Waals surface area contributed by atoms with Crippen molar-refractivity contribution >= 4 is 12.0 Å². The Morgan fingerprint density at radius 2 is 1.89 bits per heavy atom. The van der Waals surface area contributed by atoms with Crippen molar-refractivity contribution in [1.82, 2.24) is 10.2 Å². The lowest BCUT2D eigenvalue weighted by Gasteiger charge is -2.30. The Morgan fingerprint density at radius 3 is 2.47 bits per heavy atom. The molecule has 6 nitrogen and oxygen atoms in total. The number of hydrogen-bond acceptors (Lipinski definition) is 3. The molecule has 0 bridgehead atoms. The van der Waals surface area contributed by atoms with Crippen molar-refractivity contribution in [2.45, 2.75) is 50.6 Å². The normalized spacial score (nSPS) is 25.5. The maximum atomic E-state index is 12.1. The number of carbonyl (C=O) groups is 2. The standard InChI is InChI=1S/C13H22N2O4/c16-8-10(12(17)18)14-13(19)15-7-3-6-11(15)9-4-1-2-5-9/h9-11,16H,1-8H2,(H,14,19)(H,17,18). The highest BCUT2D eigenvalue weighted by molar-refractivity contribution is 5.83. The molecule has 2 fully saturated rings. The van der Waals surface area contributed by atoms with Gasteiger partial charge in [0.15, 0.2) is 6.04 Å². The van der Waals surface area contributed by atoms with Gasteiger partial charge in [-0.1, -0.05) is 12.8 Å².